The van der Waals surface area contributed by atoms with Gasteiger partial charge in [0.25, 0.3) is 0 Å². The number of hydrogen-bond acceptors (Lipinski definition) is 1. The first kappa shape index (κ1) is 13.0. The summed E-state index contributed by atoms with van der Waals surface area (Å²) < 4.78 is 0. The third-order valence-corrected chi connectivity index (χ3v) is 3.00. The summed E-state index contributed by atoms with van der Waals surface area (Å²) in [6.45, 7) is 5.85. The fourth-order valence-electron chi connectivity index (χ4n) is 0.923. The lowest BCUT2D eigenvalue weighted by molar-refractivity contribution is -0.108. The molecule has 2 atom stereocenters. The molecule has 0 aromatic heterocycles. The zero-order valence-corrected chi connectivity index (χ0v) is 9.82. The second kappa shape index (κ2) is 5.66. The molecule has 0 spiro atoms. The number of allylic oxidation sites excluding steroid dienone is 2. The highest BCUT2D eigenvalue weighted by Gasteiger charge is 2.29. The molecule has 0 rings (SSSR count). The van der Waals surface area contributed by atoms with Crippen molar-refractivity contribution in [3.05, 3.63) is 11.6 Å². The van der Waals surface area contributed by atoms with Gasteiger partial charge in [0.2, 0.25) is 0 Å². The third-order valence-electron chi connectivity index (χ3n) is 1.88. The van der Waals surface area contributed by atoms with Crippen LogP contribution in [0.4, 0.5) is 0 Å². The van der Waals surface area contributed by atoms with E-state index in [9.17, 15) is 4.79 Å². The average Bonchev–Trinajstić information content (AvgIpc) is 2.01. The Morgan fingerprint density at radius 1 is 1.54 bits per heavy atom. The molecule has 0 radical (unpaired) electrons. The zero-order chi connectivity index (χ0) is 10.5. The van der Waals surface area contributed by atoms with Crippen LogP contribution in [0.25, 0.3) is 0 Å². The molecule has 0 aromatic carbocycles. The van der Waals surface area contributed by atoms with Gasteiger partial charge in [-0.3, -0.25) is 0 Å². The first-order chi connectivity index (χ1) is 5.90. The minimum atomic E-state index is -0.630. The van der Waals surface area contributed by atoms with E-state index in [1.165, 1.54) is 5.57 Å². The normalized spacial score (nSPS) is 17.3. The van der Waals surface area contributed by atoms with Crippen LogP contribution in [-0.2, 0) is 4.79 Å². The monoisotopic (exact) mass is 222 g/mol. The smallest absolute Gasteiger partial charge is 0.139 e. The van der Waals surface area contributed by atoms with Gasteiger partial charge in [0.1, 0.15) is 11.7 Å². The molecule has 0 aromatic rings. The van der Waals surface area contributed by atoms with E-state index in [-0.39, 0.29) is 0 Å². The Bertz CT molecular complexity index is 193. The van der Waals surface area contributed by atoms with Crippen LogP contribution in [0, 0.1) is 0 Å². The molecule has 0 fully saturated rings. The van der Waals surface area contributed by atoms with Crippen molar-refractivity contribution in [1.29, 1.82) is 0 Å². The molecule has 76 valence electrons. The Hall–Kier alpha value is -0.0100. The van der Waals surface area contributed by atoms with E-state index in [1.807, 2.05) is 13.8 Å². The van der Waals surface area contributed by atoms with E-state index in [0.717, 1.165) is 6.42 Å². The molecule has 1 nitrogen and oxygen atoms in total. The maximum atomic E-state index is 10.4. The van der Waals surface area contributed by atoms with Gasteiger partial charge in [0.15, 0.2) is 0 Å². The largest absolute Gasteiger partial charge is 0.302 e. The molecule has 0 heterocycles. The molecule has 0 bridgehead atoms. The predicted octanol–water partition coefficient (Wildman–Crippen LogP) is 3.54. The SMILES string of the molecule is CC(C)=CCCC(C)(Cl)C(Cl)C=O. The van der Waals surface area contributed by atoms with Gasteiger partial charge in [-0.05, 0) is 33.6 Å². The molecule has 0 saturated carbocycles. The predicted molar refractivity (Wildman–Crippen MR) is 58.6 cm³/mol. The van der Waals surface area contributed by atoms with Crippen molar-refractivity contribution >= 4 is 29.5 Å². The molecular formula is C10H16Cl2O. The Labute approximate surface area is 90.1 Å². The number of rotatable bonds is 5. The number of carbonyl (C=O) groups excluding carboxylic acids is 1. The molecule has 0 aliphatic carbocycles. The lowest BCUT2D eigenvalue weighted by atomic mass is 10.0. The summed E-state index contributed by atoms with van der Waals surface area (Å²) in [5.74, 6) is 0. The molecule has 3 heteroatoms. The second-order valence-electron chi connectivity index (χ2n) is 3.64. The summed E-state index contributed by atoms with van der Waals surface area (Å²) in [7, 11) is 0. The van der Waals surface area contributed by atoms with Crippen LogP contribution in [0.15, 0.2) is 11.6 Å². The number of aldehydes is 1. The third kappa shape index (κ3) is 5.33. The standard InChI is InChI=1S/C10H16Cl2O/c1-8(2)5-4-6-10(3,12)9(11)7-13/h5,7,9H,4,6H2,1-3H3. The van der Waals surface area contributed by atoms with Crippen LogP contribution in [0.2, 0.25) is 0 Å². The van der Waals surface area contributed by atoms with Crippen LogP contribution in [-0.4, -0.2) is 16.5 Å². The van der Waals surface area contributed by atoms with Crippen molar-refractivity contribution in [1.82, 2.24) is 0 Å². The number of carbonyl (C=O) groups is 1. The van der Waals surface area contributed by atoms with Gasteiger partial charge in [0, 0.05) is 0 Å². The number of halogens is 2. The summed E-state index contributed by atoms with van der Waals surface area (Å²) in [6.07, 6.45) is 4.36. The minimum absolute atomic E-state index is 0.611. The van der Waals surface area contributed by atoms with Crippen molar-refractivity contribution in [2.45, 2.75) is 43.9 Å². The number of alkyl halides is 2. The van der Waals surface area contributed by atoms with Gasteiger partial charge >= 0.3 is 0 Å². The van der Waals surface area contributed by atoms with Crippen molar-refractivity contribution < 1.29 is 4.79 Å². The Morgan fingerprint density at radius 3 is 2.46 bits per heavy atom. The van der Waals surface area contributed by atoms with E-state index in [0.29, 0.717) is 12.7 Å². The Morgan fingerprint density at radius 2 is 2.08 bits per heavy atom. The van der Waals surface area contributed by atoms with E-state index < -0.39 is 10.3 Å². The summed E-state index contributed by atoms with van der Waals surface area (Å²) in [5, 5.41) is -0.611. The molecule has 0 N–H and O–H groups in total. The van der Waals surface area contributed by atoms with Crippen molar-refractivity contribution in [2.75, 3.05) is 0 Å². The van der Waals surface area contributed by atoms with Crippen molar-refractivity contribution in [2.24, 2.45) is 0 Å². The molecule has 13 heavy (non-hydrogen) atoms. The van der Waals surface area contributed by atoms with Gasteiger partial charge in [-0.15, -0.1) is 23.2 Å². The van der Waals surface area contributed by atoms with Crippen LogP contribution < -0.4 is 0 Å². The highest BCUT2D eigenvalue weighted by atomic mass is 35.5. The fourth-order valence-corrected chi connectivity index (χ4v) is 1.19. The molecule has 2 unspecified atom stereocenters. The highest BCUT2D eigenvalue weighted by molar-refractivity contribution is 6.37. The zero-order valence-electron chi connectivity index (χ0n) is 8.31. The number of hydrogen-bond donors (Lipinski definition) is 0. The first-order valence-electron chi connectivity index (χ1n) is 4.32. The quantitative estimate of drug-likeness (QED) is 0.396. The molecule has 0 aliphatic rings. The van der Waals surface area contributed by atoms with Crippen LogP contribution in [0.5, 0.6) is 0 Å². The lowest BCUT2D eigenvalue weighted by Crippen LogP contribution is -2.30. The molecule has 0 aliphatic heterocycles. The van der Waals surface area contributed by atoms with Crippen LogP contribution in [0.3, 0.4) is 0 Å². The van der Waals surface area contributed by atoms with E-state index in [1.54, 1.807) is 6.92 Å². The maximum Gasteiger partial charge on any atom is 0.139 e. The summed E-state index contributed by atoms with van der Waals surface area (Å²) in [4.78, 5) is 9.79. The van der Waals surface area contributed by atoms with Gasteiger partial charge in [-0.1, -0.05) is 11.6 Å². The topological polar surface area (TPSA) is 17.1 Å². The average molecular weight is 223 g/mol. The summed E-state index contributed by atoms with van der Waals surface area (Å²) in [5.41, 5.74) is 1.25. The lowest BCUT2D eigenvalue weighted by Gasteiger charge is -2.22. The minimum Gasteiger partial charge on any atom is -0.302 e. The van der Waals surface area contributed by atoms with E-state index >= 15 is 0 Å². The summed E-state index contributed by atoms with van der Waals surface area (Å²) >= 11 is 11.8. The van der Waals surface area contributed by atoms with Crippen molar-refractivity contribution in [3.8, 4) is 0 Å². The van der Waals surface area contributed by atoms with Crippen LogP contribution >= 0.6 is 23.2 Å². The maximum absolute atomic E-state index is 10.4. The first-order valence-corrected chi connectivity index (χ1v) is 5.13. The Kier molecular flexibility index (Phi) is 5.66. The van der Waals surface area contributed by atoms with Gasteiger partial charge in [-0.25, -0.2) is 0 Å². The second-order valence-corrected chi connectivity index (χ2v) is 4.97. The van der Waals surface area contributed by atoms with Gasteiger partial charge < -0.3 is 4.79 Å². The van der Waals surface area contributed by atoms with Gasteiger partial charge in [-0.2, -0.15) is 0 Å². The van der Waals surface area contributed by atoms with E-state index in [2.05, 4.69) is 6.08 Å². The fraction of sp³-hybridized carbons (Fsp3) is 0.700. The summed E-state index contributed by atoms with van der Waals surface area (Å²) in [6, 6.07) is 0. The Balaban J connectivity index is 4.03. The van der Waals surface area contributed by atoms with Crippen molar-refractivity contribution in [3.63, 3.8) is 0 Å². The molecule has 0 amide bonds. The van der Waals surface area contributed by atoms with Gasteiger partial charge in [0.05, 0.1) is 4.87 Å². The van der Waals surface area contributed by atoms with Crippen LogP contribution in [0.1, 0.15) is 33.6 Å². The molecule has 0 saturated heterocycles. The van der Waals surface area contributed by atoms with E-state index in [4.69, 9.17) is 23.2 Å². The molecular weight excluding hydrogens is 207 g/mol. The highest BCUT2D eigenvalue weighted by Crippen LogP contribution is 2.28.